The van der Waals surface area contributed by atoms with E-state index in [4.69, 9.17) is 9.84 Å². The molecule has 1 aliphatic rings. The molecule has 0 bridgehead atoms. The molecule has 14 heavy (non-hydrogen) atoms. The highest BCUT2D eigenvalue weighted by Crippen LogP contribution is 2.10. The first-order valence-corrected chi connectivity index (χ1v) is 4.88. The molecule has 0 aliphatic carbocycles. The van der Waals surface area contributed by atoms with Crippen LogP contribution in [-0.2, 0) is 9.53 Å². The van der Waals surface area contributed by atoms with Crippen molar-refractivity contribution in [2.75, 3.05) is 26.3 Å². The van der Waals surface area contributed by atoms with E-state index >= 15 is 0 Å². The fourth-order valence-corrected chi connectivity index (χ4v) is 1.56. The van der Waals surface area contributed by atoms with Gasteiger partial charge < -0.3 is 9.84 Å². The Morgan fingerprint density at radius 3 is 3.14 bits per heavy atom. The first-order valence-electron chi connectivity index (χ1n) is 4.88. The Morgan fingerprint density at radius 2 is 2.50 bits per heavy atom. The third kappa shape index (κ3) is 3.47. The molecular weight excluding hydrogens is 182 g/mol. The highest BCUT2D eigenvalue weighted by molar-refractivity contribution is 5.67. The van der Waals surface area contributed by atoms with E-state index in [0.717, 1.165) is 13.1 Å². The molecule has 1 unspecified atom stereocenters. The molecule has 0 saturated carbocycles. The lowest BCUT2D eigenvalue weighted by Gasteiger charge is -2.33. The van der Waals surface area contributed by atoms with Gasteiger partial charge >= 0.3 is 5.97 Å². The van der Waals surface area contributed by atoms with Crippen LogP contribution in [0.25, 0.3) is 0 Å². The summed E-state index contributed by atoms with van der Waals surface area (Å²) in [5, 5.41) is 8.71. The summed E-state index contributed by atoms with van der Waals surface area (Å²) >= 11 is 0. The second-order valence-corrected chi connectivity index (χ2v) is 3.39. The molecule has 1 heterocycles. The van der Waals surface area contributed by atoms with Gasteiger partial charge in [0.05, 0.1) is 19.6 Å². The number of nitrogens with zero attached hydrogens (tertiary/aromatic N) is 1. The Kier molecular flexibility index (Phi) is 4.62. The average Bonchev–Trinajstić information content (AvgIpc) is 2.16. The molecule has 4 heteroatoms. The maximum atomic E-state index is 10.6. The van der Waals surface area contributed by atoms with E-state index in [-0.39, 0.29) is 12.5 Å². The molecule has 80 valence electrons. The van der Waals surface area contributed by atoms with E-state index in [1.807, 2.05) is 19.1 Å². The van der Waals surface area contributed by atoms with E-state index in [0.29, 0.717) is 13.2 Å². The number of morpholine rings is 1. The van der Waals surface area contributed by atoms with Crippen molar-refractivity contribution in [3.05, 3.63) is 12.2 Å². The van der Waals surface area contributed by atoms with Gasteiger partial charge in [-0.3, -0.25) is 9.69 Å². The number of hydrogen-bond acceptors (Lipinski definition) is 3. The summed E-state index contributed by atoms with van der Waals surface area (Å²) in [7, 11) is 0. The zero-order valence-corrected chi connectivity index (χ0v) is 8.48. The maximum Gasteiger partial charge on any atom is 0.305 e. The molecule has 0 aromatic carbocycles. The van der Waals surface area contributed by atoms with Crippen LogP contribution in [0.3, 0.4) is 0 Å². The highest BCUT2D eigenvalue weighted by Gasteiger charge is 2.23. The largest absolute Gasteiger partial charge is 0.481 e. The Balaban J connectivity index is 2.45. The van der Waals surface area contributed by atoms with Gasteiger partial charge in [-0.25, -0.2) is 0 Å². The second kappa shape index (κ2) is 5.78. The van der Waals surface area contributed by atoms with E-state index < -0.39 is 5.97 Å². The molecule has 1 aliphatic heterocycles. The standard InChI is InChI=1S/C10H17NO3/c1-2-3-4-11-5-6-14-8-9(11)7-10(12)13/h2-3,9H,4-8H2,1H3,(H,12,13). The van der Waals surface area contributed by atoms with Crippen LogP contribution >= 0.6 is 0 Å². The minimum absolute atomic E-state index is 0.0254. The molecule has 0 aromatic heterocycles. The third-order valence-electron chi connectivity index (χ3n) is 2.34. The van der Waals surface area contributed by atoms with E-state index in [1.54, 1.807) is 0 Å². The Bertz CT molecular complexity index is 215. The quantitative estimate of drug-likeness (QED) is 0.678. The maximum absolute atomic E-state index is 10.6. The predicted octanol–water partition coefficient (Wildman–Crippen LogP) is 0.738. The van der Waals surface area contributed by atoms with Crippen molar-refractivity contribution < 1.29 is 14.6 Å². The first kappa shape index (κ1) is 11.2. The van der Waals surface area contributed by atoms with Crippen molar-refractivity contribution in [2.45, 2.75) is 19.4 Å². The Labute approximate surface area is 84.2 Å². The molecule has 1 fully saturated rings. The van der Waals surface area contributed by atoms with Crippen molar-refractivity contribution in [2.24, 2.45) is 0 Å². The summed E-state index contributed by atoms with van der Waals surface area (Å²) in [5.41, 5.74) is 0. The van der Waals surface area contributed by atoms with Crippen LogP contribution in [0, 0.1) is 0 Å². The summed E-state index contributed by atoms with van der Waals surface area (Å²) < 4.78 is 5.26. The summed E-state index contributed by atoms with van der Waals surface area (Å²) in [4.78, 5) is 12.7. The van der Waals surface area contributed by atoms with Gasteiger partial charge in [-0.2, -0.15) is 0 Å². The fourth-order valence-electron chi connectivity index (χ4n) is 1.56. The predicted molar refractivity (Wildman–Crippen MR) is 53.2 cm³/mol. The molecule has 1 N–H and O–H groups in total. The fraction of sp³-hybridized carbons (Fsp3) is 0.700. The van der Waals surface area contributed by atoms with E-state index in [2.05, 4.69) is 4.90 Å². The molecular formula is C10H17NO3. The number of rotatable bonds is 4. The monoisotopic (exact) mass is 199 g/mol. The zero-order valence-electron chi connectivity index (χ0n) is 8.48. The van der Waals surface area contributed by atoms with Crippen LogP contribution in [0.5, 0.6) is 0 Å². The second-order valence-electron chi connectivity index (χ2n) is 3.39. The van der Waals surface area contributed by atoms with Crippen molar-refractivity contribution in [3.8, 4) is 0 Å². The Hall–Kier alpha value is -0.870. The lowest BCUT2D eigenvalue weighted by Crippen LogP contribution is -2.46. The number of ether oxygens (including phenoxy) is 1. The summed E-state index contributed by atoms with van der Waals surface area (Å²) in [5.74, 6) is -0.758. The van der Waals surface area contributed by atoms with Crippen LogP contribution in [0.15, 0.2) is 12.2 Å². The topological polar surface area (TPSA) is 49.8 Å². The lowest BCUT2D eigenvalue weighted by atomic mass is 10.1. The number of carbonyl (C=O) groups is 1. The first-order chi connectivity index (χ1) is 6.74. The van der Waals surface area contributed by atoms with Gasteiger partial charge in [0.25, 0.3) is 0 Å². The minimum Gasteiger partial charge on any atom is -0.481 e. The number of carboxylic acids is 1. The molecule has 1 rings (SSSR count). The van der Waals surface area contributed by atoms with Gasteiger partial charge in [0, 0.05) is 19.1 Å². The van der Waals surface area contributed by atoms with Gasteiger partial charge in [-0.1, -0.05) is 12.2 Å². The number of aliphatic carboxylic acids is 1. The minimum atomic E-state index is -0.758. The van der Waals surface area contributed by atoms with Crippen molar-refractivity contribution in [1.82, 2.24) is 4.90 Å². The summed E-state index contributed by atoms with van der Waals surface area (Å²) in [6, 6.07) is 0.0254. The van der Waals surface area contributed by atoms with E-state index in [9.17, 15) is 4.79 Å². The van der Waals surface area contributed by atoms with Gasteiger partial charge in [0.1, 0.15) is 0 Å². The average molecular weight is 199 g/mol. The zero-order chi connectivity index (χ0) is 10.4. The van der Waals surface area contributed by atoms with Gasteiger partial charge in [0.2, 0.25) is 0 Å². The van der Waals surface area contributed by atoms with E-state index in [1.165, 1.54) is 0 Å². The van der Waals surface area contributed by atoms with Gasteiger partial charge in [0.15, 0.2) is 0 Å². The SMILES string of the molecule is CC=CCN1CCOCC1CC(=O)O. The summed E-state index contributed by atoms with van der Waals surface area (Å²) in [6.07, 6.45) is 4.19. The number of hydrogen-bond donors (Lipinski definition) is 1. The molecule has 0 spiro atoms. The molecule has 0 amide bonds. The van der Waals surface area contributed by atoms with Crippen LogP contribution in [0.2, 0.25) is 0 Å². The normalized spacial score (nSPS) is 24.2. The van der Waals surface area contributed by atoms with Crippen molar-refractivity contribution in [3.63, 3.8) is 0 Å². The molecule has 0 radical (unpaired) electrons. The van der Waals surface area contributed by atoms with Crippen LogP contribution < -0.4 is 0 Å². The number of carboxylic acid groups (broad SMARTS) is 1. The van der Waals surface area contributed by atoms with Crippen LogP contribution in [-0.4, -0.2) is 48.3 Å². The highest BCUT2D eigenvalue weighted by atomic mass is 16.5. The summed E-state index contributed by atoms with van der Waals surface area (Å²) in [6.45, 7) is 4.84. The molecule has 1 saturated heterocycles. The van der Waals surface area contributed by atoms with Crippen LogP contribution in [0.4, 0.5) is 0 Å². The number of allylic oxidation sites excluding steroid dienone is 1. The third-order valence-corrected chi connectivity index (χ3v) is 2.34. The Morgan fingerprint density at radius 1 is 1.71 bits per heavy atom. The molecule has 1 atom stereocenters. The molecule has 0 aromatic rings. The molecule has 4 nitrogen and oxygen atoms in total. The van der Waals surface area contributed by atoms with Crippen molar-refractivity contribution >= 4 is 5.97 Å². The lowest BCUT2D eigenvalue weighted by molar-refractivity contribution is -0.140. The van der Waals surface area contributed by atoms with Crippen molar-refractivity contribution in [1.29, 1.82) is 0 Å². The van der Waals surface area contributed by atoms with Crippen LogP contribution in [0.1, 0.15) is 13.3 Å². The smallest absolute Gasteiger partial charge is 0.305 e. The van der Waals surface area contributed by atoms with Gasteiger partial charge in [-0.15, -0.1) is 0 Å². The van der Waals surface area contributed by atoms with Gasteiger partial charge in [-0.05, 0) is 6.92 Å².